The first-order valence-electron chi connectivity index (χ1n) is 19.6. The third-order valence-corrected chi connectivity index (χ3v) is 49.5. The average molecular weight is 862 g/mol. The Morgan fingerprint density at radius 1 is 0.574 bits per heavy atom. The summed E-state index contributed by atoms with van der Waals surface area (Å²) in [5.41, 5.74) is 2.70. The standard InChI is InChI=1S/C40H72O7Si7/c1-33(31-53(15,45-49(3,4)5)46-50(6,7)8)29-43-39(41)38(28-27-37(35-23-19-17-20-24-35)36-25-21-18-22-26-36)40(42)44-30-34(2)32-54(16,47-51(9,10)11)48-52(12,13)14/h17-28,33-34H,29-32,48H2,1-16H3. The molecular formula is C40H72O7Si7. The van der Waals surface area contributed by atoms with E-state index in [1.165, 1.54) is 0 Å². The molecule has 3 unspecified atom stereocenters. The van der Waals surface area contributed by atoms with Crippen LogP contribution in [0, 0.1) is 11.8 Å². The quantitative estimate of drug-likeness (QED) is 0.0309. The van der Waals surface area contributed by atoms with Crippen molar-refractivity contribution in [2.24, 2.45) is 11.8 Å². The van der Waals surface area contributed by atoms with Gasteiger partial charge in [0.1, 0.15) is 5.57 Å². The van der Waals surface area contributed by atoms with Gasteiger partial charge in [0.25, 0.3) is 0 Å². The van der Waals surface area contributed by atoms with E-state index in [4.69, 9.17) is 21.8 Å². The van der Waals surface area contributed by atoms with Crippen molar-refractivity contribution in [2.45, 2.75) is 118 Å². The molecule has 0 aliphatic carbocycles. The van der Waals surface area contributed by atoms with E-state index in [-0.39, 0.29) is 30.6 Å². The molecule has 0 N–H and O–H groups in total. The summed E-state index contributed by atoms with van der Waals surface area (Å²) >= 11 is 0. The largest absolute Gasteiger partial charge is 0.462 e. The van der Waals surface area contributed by atoms with Crippen LogP contribution < -0.4 is 0 Å². The molecule has 0 saturated heterocycles. The molecular weight excluding hydrogens is 789 g/mol. The van der Waals surface area contributed by atoms with Gasteiger partial charge in [-0.25, -0.2) is 9.59 Å². The minimum absolute atomic E-state index is 0.0279. The Morgan fingerprint density at radius 2 is 0.963 bits per heavy atom. The van der Waals surface area contributed by atoms with Gasteiger partial charge >= 0.3 is 20.5 Å². The number of hydrogen-bond donors (Lipinski definition) is 0. The summed E-state index contributed by atoms with van der Waals surface area (Å²) in [6.07, 6.45) is 3.40. The number of hydrogen-bond acceptors (Lipinski definition) is 7. The van der Waals surface area contributed by atoms with Crippen molar-refractivity contribution in [1.29, 1.82) is 0 Å². The molecule has 0 heterocycles. The van der Waals surface area contributed by atoms with Gasteiger partial charge < -0.3 is 21.8 Å². The van der Waals surface area contributed by atoms with Gasteiger partial charge in [-0.2, -0.15) is 0 Å². The lowest BCUT2D eigenvalue weighted by atomic mass is 9.97. The van der Waals surface area contributed by atoms with E-state index in [1.807, 2.05) is 66.7 Å². The Bertz CT molecular complexity index is 1410. The van der Waals surface area contributed by atoms with Crippen molar-refractivity contribution in [3.8, 4) is 0 Å². The van der Waals surface area contributed by atoms with Crippen molar-refractivity contribution < 1.29 is 31.4 Å². The van der Waals surface area contributed by atoms with Crippen LogP contribution in [0.1, 0.15) is 25.0 Å². The lowest BCUT2D eigenvalue weighted by Crippen LogP contribution is -2.58. The van der Waals surface area contributed by atoms with Crippen LogP contribution in [-0.4, -0.2) is 82.6 Å². The molecule has 302 valence electrons. The first kappa shape index (κ1) is 48.4. The average Bonchev–Trinajstić information content (AvgIpc) is 2.97. The van der Waals surface area contributed by atoms with E-state index >= 15 is 0 Å². The van der Waals surface area contributed by atoms with Gasteiger partial charge in [-0.05, 0) is 119 Å². The molecule has 0 spiro atoms. The van der Waals surface area contributed by atoms with Crippen LogP contribution in [0.4, 0.5) is 0 Å². The maximum absolute atomic E-state index is 13.9. The summed E-state index contributed by atoms with van der Waals surface area (Å²) in [5.74, 6) is -1.27. The number of esters is 2. The second-order valence-corrected chi connectivity index (χ2v) is 61.3. The highest BCUT2D eigenvalue weighted by Gasteiger charge is 2.42. The first-order chi connectivity index (χ1) is 24.6. The predicted octanol–water partition coefficient (Wildman–Crippen LogP) is 10.1. The van der Waals surface area contributed by atoms with E-state index in [2.05, 4.69) is 106 Å². The summed E-state index contributed by atoms with van der Waals surface area (Å²) in [6.45, 7) is 36.4. The molecule has 0 aromatic heterocycles. The van der Waals surface area contributed by atoms with Crippen LogP contribution in [-0.2, 0) is 31.4 Å². The van der Waals surface area contributed by atoms with E-state index in [0.29, 0.717) is 6.04 Å². The number of carbonyl (C=O) groups excluding carboxylic acids is 2. The van der Waals surface area contributed by atoms with Gasteiger partial charge in [-0.15, -0.1) is 0 Å². The molecule has 7 nitrogen and oxygen atoms in total. The Balaban J connectivity index is 2.43. The van der Waals surface area contributed by atoms with E-state index in [1.54, 1.807) is 6.08 Å². The number of rotatable bonds is 21. The fourth-order valence-corrected chi connectivity index (χ4v) is 67.6. The Hall–Kier alpha value is -1.74. The molecule has 2 rings (SSSR count). The fraction of sp³-hybridized carbons (Fsp3) is 0.550. The summed E-state index contributed by atoms with van der Waals surface area (Å²) in [4.78, 5) is 27.9. The molecule has 0 amide bonds. The van der Waals surface area contributed by atoms with Crippen molar-refractivity contribution >= 4 is 75.0 Å². The molecule has 0 aliphatic heterocycles. The van der Waals surface area contributed by atoms with Gasteiger partial charge in [-0.3, -0.25) is 0 Å². The Morgan fingerprint density at radius 3 is 1.33 bits per heavy atom. The third-order valence-electron chi connectivity index (χ3n) is 8.02. The number of ether oxygens (including phenoxy) is 2. The molecule has 0 radical (unpaired) electrons. The summed E-state index contributed by atoms with van der Waals surface area (Å²) in [5, 5.41) is 0. The zero-order valence-corrected chi connectivity index (χ0v) is 43.9. The molecule has 54 heavy (non-hydrogen) atoms. The van der Waals surface area contributed by atoms with E-state index < -0.39 is 69.4 Å². The van der Waals surface area contributed by atoms with Crippen molar-refractivity contribution in [2.75, 3.05) is 13.2 Å². The summed E-state index contributed by atoms with van der Waals surface area (Å²) < 4.78 is 32.3. The SMILES string of the molecule is CC(COC(=O)C(=CC=C(c1ccccc1)c1ccccc1)C(=O)OCC(C)C[Si](C)(O[Si](C)(C)C)[SiH2][Si](C)(C)C)C[Si](C)(O[Si](C)(C)C)O[Si](C)(C)C. The van der Waals surface area contributed by atoms with Crippen LogP contribution >= 0.6 is 0 Å². The highest BCUT2D eigenvalue weighted by molar-refractivity contribution is 7.51. The Labute approximate surface area is 336 Å². The van der Waals surface area contributed by atoms with E-state index in [9.17, 15) is 9.59 Å². The van der Waals surface area contributed by atoms with Gasteiger partial charge in [0, 0.05) is 16.1 Å². The molecule has 0 saturated carbocycles. The second-order valence-electron chi connectivity index (χ2n) is 19.7. The maximum atomic E-state index is 13.9. The number of allylic oxidation sites excluding steroid dienone is 2. The van der Waals surface area contributed by atoms with Crippen molar-refractivity contribution in [3.63, 3.8) is 0 Å². The number of benzene rings is 2. The molecule has 14 heteroatoms. The van der Waals surface area contributed by atoms with Crippen LogP contribution in [0.15, 0.2) is 78.4 Å². The zero-order valence-electron chi connectivity index (χ0n) is 36.5. The minimum Gasteiger partial charge on any atom is -0.462 e. The fourth-order valence-electron chi connectivity index (χ4n) is 7.47. The number of carbonyl (C=O) groups is 2. The Kier molecular flexibility index (Phi) is 18.0. The minimum atomic E-state index is -2.57. The lowest BCUT2D eigenvalue weighted by molar-refractivity contribution is -0.148. The highest BCUT2D eigenvalue weighted by Crippen LogP contribution is 2.29. The zero-order chi connectivity index (χ0) is 41.2. The normalized spacial score (nSPS) is 15.7. The molecule has 3 atom stereocenters. The molecule has 0 aliphatic rings. The van der Waals surface area contributed by atoms with Crippen LogP contribution in [0.2, 0.25) is 104 Å². The molecule has 0 fully saturated rings. The topological polar surface area (TPSA) is 80.3 Å². The first-order valence-corrected chi connectivity index (χ1v) is 43.1. The van der Waals surface area contributed by atoms with Crippen LogP contribution in [0.5, 0.6) is 0 Å². The molecule has 2 aromatic carbocycles. The maximum Gasteiger partial charge on any atom is 0.345 e. The molecule has 2 aromatic rings. The van der Waals surface area contributed by atoms with Crippen LogP contribution in [0.25, 0.3) is 5.57 Å². The van der Waals surface area contributed by atoms with Crippen molar-refractivity contribution in [3.05, 3.63) is 89.5 Å². The predicted molar refractivity (Wildman–Crippen MR) is 246 cm³/mol. The third kappa shape index (κ3) is 19.4. The van der Waals surface area contributed by atoms with Crippen LogP contribution in [0.3, 0.4) is 0 Å². The van der Waals surface area contributed by atoms with Gasteiger partial charge in [-0.1, -0.05) is 100 Å². The van der Waals surface area contributed by atoms with Gasteiger partial charge in [0.2, 0.25) is 0 Å². The lowest BCUT2D eigenvalue weighted by Gasteiger charge is -2.39. The summed E-state index contributed by atoms with van der Waals surface area (Å²) in [6, 6.07) is 21.6. The highest BCUT2D eigenvalue weighted by atomic mass is 29.6. The summed E-state index contributed by atoms with van der Waals surface area (Å²) in [7, 11) is -11.7. The monoisotopic (exact) mass is 860 g/mol. The smallest absolute Gasteiger partial charge is 0.345 e. The van der Waals surface area contributed by atoms with Gasteiger partial charge in [0.05, 0.1) is 13.2 Å². The second kappa shape index (κ2) is 20.1. The molecule has 0 bridgehead atoms. The van der Waals surface area contributed by atoms with E-state index in [0.717, 1.165) is 22.7 Å². The van der Waals surface area contributed by atoms with Crippen molar-refractivity contribution in [1.82, 2.24) is 0 Å². The van der Waals surface area contributed by atoms with Gasteiger partial charge in [0.15, 0.2) is 32.8 Å².